The standard InChI is InChI=1S/C8H7FN2O4/c9-4-2-1-3-5(11(14)15)6(4)7(10)8(12)13/h1-3,7H,10H2,(H,12,13). The second-order valence-electron chi connectivity index (χ2n) is 2.75. The van der Waals surface area contributed by atoms with E-state index in [9.17, 15) is 19.3 Å². The number of aliphatic carboxylic acids is 1. The lowest BCUT2D eigenvalue weighted by Crippen LogP contribution is -2.23. The van der Waals surface area contributed by atoms with E-state index in [-0.39, 0.29) is 0 Å². The molecule has 15 heavy (non-hydrogen) atoms. The number of hydrogen-bond acceptors (Lipinski definition) is 4. The van der Waals surface area contributed by atoms with Gasteiger partial charge in [-0.05, 0) is 6.07 Å². The first-order chi connectivity index (χ1) is 6.95. The van der Waals surface area contributed by atoms with Gasteiger partial charge in [0.05, 0.1) is 10.5 Å². The lowest BCUT2D eigenvalue weighted by Gasteiger charge is -2.07. The van der Waals surface area contributed by atoms with Gasteiger partial charge in [0.2, 0.25) is 0 Å². The number of carboxylic acids is 1. The van der Waals surface area contributed by atoms with Crippen molar-refractivity contribution < 1.29 is 19.2 Å². The summed E-state index contributed by atoms with van der Waals surface area (Å²) < 4.78 is 13.2. The molecular weight excluding hydrogens is 207 g/mol. The average Bonchev–Trinajstić information content (AvgIpc) is 2.16. The number of nitro benzene ring substituents is 1. The number of carbonyl (C=O) groups is 1. The minimum atomic E-state index is -1.74. The van der Waals surface area contributed by atoms with Crippen molar-refractivity contribution >= 4 is 11.7 Å². The number of nitrogens with zero attached hydrogens (tertiary/aromatic N) is 1. The molecule has 6 nitrogen and oxygen atoms in total. The van der Waals surface area contributed by atoms with Gasteiger partial charge in [-0.25, -0.2) is 4.39 Å². The first-order valence-corrected chi connectivity index (χ1v) is 3.86. The van der Waals surface area contributed by atoms with Gasteiger partial charge in [0.15, 0.2) is 0 Å². The zero-order valence-electron chi connectivity index (χ0n) is 7.38. The smallest absolute Gasteiger partial charge is 0.325 e. The van der Waals surface area contributed by atoms with Crippen molar-refractivity contribution in [3.63, 3.8) is 0 Å². The van der Waals surface area contributed by atoms with Crippen molar-refractivity contribution in [2.75, 3.05) is 0 Å². The fraction of sp³-hybridized carbons (Fsp3) is 0.125. The summed E-state index contributed by atoms with van der Waals surface area (Å²) in [5, 5.41) is 19.0. The van der Waals surface area contributed by atoms with E-state index in [2.05, 4.69) is 0 Å². The van der Waals surface area contributed by atoms with Gasteiger partial charge in [0.1, 0.15) is 11.9 Å². The molecule has 0 spiro atoms. The van der Waals surface area contributed by atoms with Crippen LogP contribution in [0.4, 0.5) is 10.1 Å². The first kappa shape index (κ1) is 11.1. The molecule has 1 aromatic carbocycles. The Morgan fingerprint density at radius 2 is 2.20 bits per heavy atom. The highest BCUT2D eigenvalue weighted by Crippen LogP contribution is 2.26. The third-order valence-corrected chi connectivity index (χ3v) is 1.80. The first-order valence-electron chi connectivity index (χ1n) is 3.86. The predicted molar refractivity (Wildman–Crippen MR) is 47.6 cm³/mol. The third-order valence-electron chi connectivity index (χ3n) is 1.80. The summed E-state index contributed by atoms with van der Waals surface area (Å²) in [4.78, 5) is 20.1. The van der Waals surface area contributed by atoms with E-state index in [1.807, 2.05) is 0 Å². The molecule has 0 aliphatic carbocycles. The Morgan fingerprint density at radius 3 is 2.67 bits per heavy atom. The van der Waals surface area contributed by atoms with E-state index < -0.39 is 34.0 Å². The highest BCUT2D eigenvalue weighted by molar-refractivity contribution is 5.77. The molecule has 0 radical (unpaired) electrons. The van der Waals surface area contributed by atoms with Gasteiger partial charge >= 0.3 is 5.97 Å². The molecule has 0 bridgehead atoms. The van der Waals surface area contributed by atoms with Gasteiger partial charge < -0.3 is 10.8 Å². The second kappa shape index (κ2) is 4.01. The Bertz CT molecular complexity index is 421. The molecule has 0 saturated carbocycles. The summed E-state index contributed by atoms with van der Waals surface area (Å²) >= 11 is 0. The number of halogens is 1. The number of benzene rings is 1. The molecule has 0 aromatic heterocycles. The third kappa shape index (κ3) is 2.08. The summed E-state index contributed by atoms with van der Waals surface area (Å²) in [5.74, 6) is -2.53. The molecule has 0 aliphatic heterocycles. The number of nitrogens with two attached hydrogens (primary N) is 1. The topological polar surface area (TPSA) is 106 Å². The largest absolute Gasteiger partial charge is 0.480 e. The Balaban J connectivity index is 3.37. The van der Waals surface area contributed by atoms with Crippen LogP contribution >= 0.6 is 0 Å². The Labute approximate surface area is 83.3 Å². The van der Waals surface area contributed by atoms with Crippen molar-refractivity contribution in [1.82, 2.24) is 0 Å². The SMILES string of the molecule is NC(C(=O)O)c1c(F)cccc1[N+](=O)[O-]. The number of carboxylic acid groups (broad SMARTS) is 1. The Hall–Kier alpha value is -2.02. The number of nitro groups is 1. The molecule has 80 valence electrons. The van der Waals surface area contributed by atoms with E-state index >= 15 is 0 Å². The molecule has 1 rings (SSSR count). The van der Waals surface area contributed by atoms with Crippen LogP contribution < -0.4 is 5.73 Å². The minimum Gasteiger partial charge on any atom is -0.480 e. The molecule has 0 saturated heterocycles. The summed E-state index contributed by atoms with van der Waals surface area (Å²) in [6.45, 7) is 0. The lowest BCUT2D eigenvalue weighted by molar-refractivity contribution is -0.385. The van der Waals surface area contributed by atoms with Gasteiger partial charge in [-0.3, -0.25) is 14.9 Å². The summed E-state index contributed by atoms with van der Waals surface area (Å²) in [6, 6.07) is 1.30. The van der Waals surface area contributed by atoms with Crippen molar-refractivity contribution in [2.45, 2.75) is 6.04 Å². The number of hydrogen-bond donors (Lipinski definition) is 2. The van der Waals surface area contributed by atoms with Crippen LogP contribution in [0.1, 0.15) is 11.6 Å². The van der Waals surface area contributed by atoms with Crippen molar-refractivity contribution in [1.29, 1.82) is 0 Å². The van der Waals surface area contributed by atoms with Crippen LogP contribution in [0.25, 0.3) is 0 Å². The number of rotatable bonds is 3. The Morgan fingerprint density at radius 1 is 1.60 bits per heavy atom. The van der Waals surface area contributed by atoms with Crippen LogP contribution in [0.2, 0.25) is 0 Å². The highest BCUT2D eigenvalue weighted by Gasteiger charge is 2.27. The zero-order valence-corrected chi connectivity index (χ0v) is 7.38. The van der Waals surface area contributed by atoms with Crippen LogP contribution in [0.5, 0.6) is 0 Å². The molecule has 1 aromatic rings. The van der Waals surface area contributed by atoms with Gasteiger partial charge in [-0.1, -0.05) is 6.07 Å². The summed E-state index contributed by atoms with van der Waals surface area (Å²) in [7, 11) is 0. The zero-order chi connectivity index (χ0) is 11.6. The molecule has 0 amide bonds. The van der Waals surface area contributed by atoms with E-state index in [1.54, 1.807) is 0 Å². The van der Waals surface area contributed by atoms with E-state index in [1.165, 1.54) is 0 Å². The molecule has 1 unspecified atom stereocenters. The highest BCUT2D eigenvalue weighted by atomic mass is 19.1. The monoisotopic (exact) mass is 214 g/mol. The maximum Gasteiger partial charge on any atom is 0.325 e. The van der Waals surface area contributed by atoms with Gasteiger partial charge in [0, 0.05) is 6.07 Å². The van der Waals surface area contributed by atoms with E-state index in [0.29, 0.717) is 0 Å². The summed E-state index contributed by atoms with van der Waals surface area (Å²) in [5.41, 5.74) is 3.88. The van der Waals surface area contributed by atoms with Crippen LogP contribution in [0.15, 0.2) is 18.2 Å². The lowest BCUT2D eigenvalue weighted by atomic mass is 10.1. The fourth-order valence-corrected chi connectivity index (χ4v) is 1.12. The van der Waals surface area contributed by atoms with Crippen LogP contribution in [0.3, 0.4) is 0 Å². The minimum absolute atomic E-state index is 0.616. The molecule has 7 heteroatoms. The van der Waals surface area contributed by atoms with Crippen molar-refractivity contribution in [3.05, 3.63) is 39.7 Å². The van der Waals surface area contributed by atoms with Crippen molar-refractivity contribution in [2.24, 2.45) is 5.73 Å². The predicted octanol–water partition coefficient (Wildman–Crippen LogP) is 0.818. The summed E-state index contributed by atoms with van der Waals surface area (Å²) in [6.07, 6.45) is 0. The molecule has 3 N–H and O–H groups in total. The molecule has 0 aliphatic rings. The average molecular weight is 214 g/mol. The van der Waals surface area contributed by atoms with Crippen LogP contribution in [0, 0.1) is 15.9 Å². The van der Waals surface area contributed by atoms with E-state index in [4.69, 9.17) is 10.8 Å². The van der Waals surface area contributed by atoms with Gasteiger partial charge in [0.25, 0.3) is 5.69 Å². The van der Waals surface area contributed by atoms with Gasteiger partial charge in [-0.2, -0.15) is 0 Å². The van der Waals surface area contributed by atoms with Crippen LogP contribution in [-0.2, 0) is 4.79 Å². The maximum absolute atomic E-state index is 13.2. The second-order valence-corrected chi connectivity index (χ2v) is 2.75. The fourth-order valence-electron chi connectivity index (χ4n) is 1.12. The molecule has 0 heterocycles. The van der Waals surface area contributed by atoms with E-state index in [0.717, 1.165) is 18.2 Å². The molecule has 1 atom stereocenters. The van der Waals surface area contributed by atoms with Crippen molar-refractivity contribution in [3.8, 4) is 0 Å². The van der Waals surface area contributed by atoms with Gasteiger partial charge in [-0.15, -0.1) is 0 Å². The normalized spacial score (nSPS) is 12.1. The van der Waals surface area contributed by atoms with Crippen LogP contribution in [-0.4, -0.2) is 16.0 Å². The maximum atomic E-state index is 13.2. The quantitative estimate of drug-likeness (QED) is 0.572. The molecular formula is C8H7FN2O4. The molecule has 0 fully saturated rings. The Kier molecular flexibility index (Phi) is 2.96.